The van der Waals surface area contributed by atoms with Crippen molar-refractivity contribution in [2.45, 2.75) is 25.8 Å². The van der Waals surface area contributed by atoms with Gasteiger partial charge >= 0.3 is 12.1 Å². The van der Waals surface area contributed by atoms with Gasteiger partial charge in [-0.1, -0.05) is 68.4 Å². The lowest BCUT2D eigenvalue weighted by atomic mass is 9.98. The van der Waals surface area contributed by atoms with Gasteiger partial charge in [0.15, 0.2) is 5.82 Å². The number of carboxylic acid groups (broad SMARTS) is 1. The number of fused-ring (bicyclic) bond motifs is 3. The molecular weight excluding hydrogens is 451 g/mol. The van der Waals surface area contributed by atoms with Crippen LogP contribution in [0, 0.1) is 11.7 Å². The van der Waals surface area contributed by atoms with E-state index >= 15 is 0 Å². The van der Waals surface area contributed by atoms with Crippen LogP contribution >= 0.6 is 0 Å². The first-order valence-electron chi connectivity index (χ1n) is 11.2. The van der Waals surface area contributed by atoms with Gasteiger partial charge in [0.1, 0.15) is 12.6 Å². The fourth-order valence-electron chi connectivity index (χ4n) is 4.28. The number of carboxylic acids is 1. The van der Waals surface area contributed by atoms with Gasteiger partial charge in [0.2, 0.25) is 0 Å². The van der Waals surface area contributed by atoms with Crippen LogP contribution in [0.5, 0.6) is 0 Å². The molecule has 3 N–H and O–H groups in total. The molecule has 0 aromatic heterocycles. The first-order valence-corrected chi connectivity index (χ1v) is 11.2. The molecule has 4 rings (SSSR count). The summed E-state index contributed by atoms with van der Waals surface area (Å²) in [5.74, 6) is -3.64. The number of hydrogen-bond acceptors (Lipinski definition) is 4. The Bertz CT molecular complexity index is 1240. The molecule has 3 aromatic rings. The number of ether oxygens (including phenoxy) is 1. The molecule has 35 heavy (non-hydrogen) atoms. The molecule has 1 atom stereocenters. The van der Waals surface area contributed by atoms with Gasteiger partial charge in [-0.05, 0) is 40.3 Å². The Labute approximate surface area is 201 Å². The van der Waals surface area contributed by atoms with Crippen LogP contribution in [0.15, 0.2) is 66.7 Å². The molecule has 8 heteroatoms. The Hall–Kier alpha value is -4.20. The van der Waals surface area contributed by atoms with Crippen molar-refractivity contribution >= 4 is 23.7 Å². The molecule has 0 fully saturated rings. The van der Waals surface area contributed by atoms with Crippen molar-refractivity contribution in [3.63, 3.8) is 0 Å². The van der Waals surface area contributed by atoms with E-state index in [0.717, 1.165) is 22.3 Å². The Morgan fingerprint density at radius 1 is 0.943 bits per heavy atom. The number of hydrogen-bond donors (Lipinski definition) is 3. The SMILES string of the molecule is CC(C)[C@@H](NC(=O)c1cccc(NC(=O)OCC2c3ccccc3-c3ccccc32)c1F)C(=O)O. The molecule has 0 saturated carbocycles. The molecule has 7 nitrogen and oxygen atoms in total. The van der Waals surface area contributed by atoms with Crippen LogP contribution in [0.4, 0.5) is 14.9 Å². The Morgan fingerprint density at radius 2 is 1.54 bits per heavy atom. The van der Waals surface area contributed by atoms with E-state index in [2.05, 4.69) is 10.6 Å². The summed E-state index contributed by atoms with van der Waals surface area (Å²) in [6.45, 7) is 3.31. The maximum absolute atomic E-state index is 15.0. The highest BCUT2D eigenvalue weighted by Gasteiger charge is 2.29. The summed E-state index contributed by atoms with van der Waals surface area (Å²) >= 11 is 0. The molecular formula is C27H25FN2O5. The Kier molecular flexibility index (Phi) is 6.82. The van der Waals surface area contributed by atoms with Crippen LogP contribution in [-0.4, -0.2) is 35.7 Å². The highest BCUT2D eigenvalue weighted by atomic mass is 19.1. The smallest absolute Gasteiger partial charge is 0.411 e. The molecule has 180 valence electrons. The number of anilines is 1. The molecule has 1 aliphatic carbocycles. The quantitative estimate of drug-likeness (QED) is 0.444. The lowest BCUT2D eigenvalue weighted by Gasteiger charge is -2.18. The van der Waals surface area contributed by atoms with Crippen molar-refractivity contribution in [1.82, 2.24) is 5.32 Å². The molecule has 0 saturated heterocycles. The third kappa shape index (κ3) is 4.87. The standard InChI is InChI=1S/C27H25FN2O5/c1-15(2)24(26(32)33)30-25(31)20-12-7-13-22(23(20)28)29-27(34)35-14-21-18-10-5-3-8-16(18)17-9-4-6-11-19(17)21/h3-13,15,21,24H,14H2,1-2H3,(H,29,34)(H,30,31)(H,32,33)/t24-/m1/s1. The number of aliphatic carboxylic acids is 1. The van der Waals surface area contributed by atoms with Crippen molar-refractivity contribution in [2.75, 3.05) is 11.9 Å². The van der Waals surface area contributed by atoms with E-state index in [0.29, 0.717) is 0 Å². The molecule has 2 amide bonds. The topological polar surface area (TPSA) is 105 Å². The first-order chi connectivity index (χ1) is 16.8. The van der Waals surface area contributed by atoms with Crippen molar-refractivity contribution in [3.8, 4) is 11.1 Å². The number of carbonyl (C=O) groups excluding carboxylic acids is 2. The van der Waals surface area contributed by atoms with Crippen LogP contribution in [0.3, 0.4) is 0 Å². The number of carbonyl (C=O) groups is 3. The molecule has 1 aliphatic rings. The minimum Gasteiger partial charge on any atom is -0.480 e. The average molecular weight is 477 g/mol. The van der Waals surface area contributed by atoms with E-state index in [9.17, 15) is 23.9 Å². The van der Waals surface area contributed by atoms with Crippen molar-refractivity contribution in [3.05, 3.63) is 89.2 Å². The molecule has 0 radical (unpaired) electrons. The maximum Gasteiger partial charge on any atom is 0.411 e. The predicted molar refractivity (Wildman–Crippen MR) is 129 cm³/mol. The summed E-state index contributed by atoms with van der Waals surface area (Å²) in [5, 5.41) is 13.9. The number of halogens is 1. The lowest BCUT2D eigenvalue weighted by molar-refractivity contribution is -0.140. The third-order valence-corrected chi connectivity index (χ3v) is 6.04. The summed E-state index contributed by atoms with van der Waals surface area (Å²) < 4.78 is 20.4. The summed E-state index contributed by atoms with van der Waals surface area (Å²) in [6, 6.07) is 18.5. The maximum atomic E-state index is 15.0. The van der Waals surface area contributed by atoms with Gasteiger partial charge < -0.3 is 15.2 Å². The normalized spacial score (nSPS) is 13.0. The second kappa shape index (κ2) is 9.97. The van der Waals surface area contributed by atoms with Crippen LogP contribution in [0.1, 0.15) is 41.3 Å². The van der Waals surface area contributed by atoms with Gasteiger partial charge in [-0.2, -0.15) is 0 Å². The molecule has 0 unspecified atom stereocenters. The van der Waals surface area contributed by atoms with Crippen LogP contribution < -0.4 is 10.6 Å². The van der Waals surface area contributed by atoms with Gasteiger partial charge in [0.05, 0.1) is 11.3 Å². The van der Waals surface area contributed by atoms with Gasteiger partial charge in [-0.15, -0.1) is 0 Å². The zero-order chi connectivity index (χ0) is 25.1. The van der Waals surface area contributed by atoms with Crippen molar-refractivity contribution in [2.24, 2.45) is 5.92 Å². The largest absolute Gasteiger partial charge is 0.480 e. The molecule has 0 aliphatic heterocycles. The highest BCUT2D eigenvalue weighted by Crippen LogP contribution is 2.44. The second-order valence-corrected chi connectivity index (χ2v) is 8.65. The zero-order valence-electron chi connectivity index (χ0n) is 19.2. The number of rotatable bonds is 7. The van der Waals surface area contributed by atoms with Crippen LogP contribution in [0.2, 0.25) is 0 Å². The summed E-state index contributed by atoms with van der Waals surface area (Å²) in [4.78, 5) is 36.4. The lowest BCUT2D eigenvalue weighted by Crippen LogP contribution is -2.44. The van der Waals surface area contributed by atoms with Crippen LogP contribution in [0.25, 0.3) is 11.1 Å². The van der Waals surface area contributed by atoms with Crippen LogP contribution in [-0.2, 0) is 9.53 Å². The minimum absolute atomic E-state index is 0.0519. The monoisotopic (exact) mass is 476 g/mol. The molecule has 0 bridgehead atoms. The molecule has 0 heterocycles. The summed E-state index contributed by atoms with van der Waals surface area (Å²) in [6.07, 6.45) is -0.867. The molecule has 0 spiro atoms. The fourth-order valence-corrected chi connectivity index (χ4v) is 4.28. The van der Waals surface area contributed by atoms with Gasteiger partial charge in [0, 0.05) is 5.92 Å². The van der Waals surface area contributed by atoms with Gasteiger partial charge in [0.25, 0.3) is 5.91 Å². The fraction of sp³-hybridized carbons (Fsp3) is 0.222. The summed E-state index contributed by atoms with van der Waals surface area (Å²) in [7, 11) is 0. The first kappa shape index (κ1) is 23.9. The number of benzene rings is 3. The van der Waals surface area contributed by atoms with E-state index in [4.69, 9.17) is 4.74 Å². The van der Waals surface area contributed by atoms with E-state index in [1.165, 1.54) is 18.2 Å². The van der Waals surface area contributed by atoms with Gasteiger partial charge in [-0.3, -0.25) is 10.1 Å². The summed E-state index contributed by atoms with van der Waals surface area (Å²) in [5.41, 5.74) is 3.64. The highest BCUT2D eigenvalue weighted by molar-refractivity contribution is 5.98. The van der Waals surface area contributed by atoms with E-state index in [-0.39, 0.29) is 23.8 Å². The van der Waals surface area contributed by atoms with Crippen molar-refractivity contribution in [1.29, 1.82) is 0 Å². The Balaban J connectivity index is 1.45. The third-order valence-electron chi connectivity index (χ3n) is 6.04. The second-order valence-electron chi connectivity index (χ2n) is 8.65. The van der Waals surface area contributed by atoms with Crippen molar-refractivity contribution < 1.29 is 28.6 Å². The van der Waals surface area contributed by atoms with E-state index in [1.807, 2.05) is 48.5 Å². The van der Waals surface area contributed by atoms with Gasteiger partial charge in [-0.25, -0.2) is 14.0 Å². The van der Waals surface area contributed by atoms with E-state index < -0.39 is 35.7 Å². The average Bonchev–Trinajstić information content (AvgIpc) is 3.15. The molecule has 3 aromatic carbocycles. The zero-order valence-corrected chi connectivity index (χ0v) is 19.2. The van der Waals surface area contributed by atoms with E-state index in [1.54, 1.807) is 13.8 Å². The number of nitrogens with one attached hydrogen (secondary N) is 2. The Morgan fingerprint density at radius 3 is 2.11 bits per heavy atom. The number of amides is 2. The predicted octanol–water partition coefficient (Wildman–Crippen LogP) is 5.03. The minimum atomic E-state index is -1.22.